The van der Waals surface area contributed by atoms with Crippen molar-refractivity contribution >= 4 is 171 Å². The minimum Gasteiger partial charge on any atom is -0.481 e. The summed E-state index contributed by atoms with van der Waals surface area (Å²) in [5.41, 5.74) is 5.17. The maximum atomic E-state index is 12.8. The predicted molar refractivity (Wildman–Crippen MR) is 345 cm³/mol. The third-order valence-electron chi connectivity index (χ3n) is 9.38. The van der Waals surface area contributed by atoms with Crippen LogP contribution in [0.4, 0.5) is 39.3 Å². The van der Waals surface area contributed by atoms with Gasteiger partial charge in [-0.1, -0.05) is 92.7 Å². The monoisotopic (exact) mass is 1490 g/mol. The van der Waals surface area contributed by atoms with E-state index in [1.54, 1.807) is 22.8 Å². The summed E-state index contributed by atoms with van der Waals surface area (Å²) in [6, 6.07) is 6.52. The van der Waals surface area contributed by atoms with Gasteiger partial charge in [0, 0.05) is 38.8 Å². The van der Waals surface area contributed by atoms with Gasteiger partial charge in [-0.15, -0.1) is 35.3 Å². The van der Waals surface area contributed by atoms with Crippen molar-refractivity contribution in [2.24, 2.45) is 5.73 Å². The normalized spacial score (nSPS) is 12.9. The van der Waals surface area contributed by atoms with Crippen LogP contribution in [0.15, 0.2) is 0 Å². The first kappa shape index (κ1) is 92.5. The van der Waals surface area contributed by atoms with Crippen molar-refractivity contribution in [3.8, 4) is 24.0 Å². The molecule has 0 bridgehead atoms. The number of carboxylic acid groups (broad SMARTS) is 3. The number of nitrogens with zero attached hydrogens (tertiary/aromatic N) is 3. The van der Waals surface area contributed by atoms with E-state index < -0.39 is 93.2 Å². The molecule has 1 aromatic rings. The zero-order valence-electron chi connectivity index (χ0n) is 48.8. The lowest BCUT2D eigenvalue weighted by molar-refractivity contribution is -0.190. The summed E-state index contributed by atoms with van der Waals surface area (Å²) in [5.74, 6) is -19.0. The van der Waals surface area contributed by atoms with Gasteiger partial charge in [0.2, 0.25) is 34.8 Å². The lowest BCUT2D eigenvalue weighted by Crippen LogP contribution is -2.29. The molecule has 0 aliphatic rings. The molecule has 19 nitrogen and oxygen atoms in total. The van der Waals surface area contributed by atoms with Gasteiger partial charge in [-0.25, -0.2) is 18.0 Å². The molecule has 0 heterocycles. The molecule has 0 aliphatic heterocycles. The summed E-state index contributed by atoms with van der Waals surface area (Å²) in [5, 5.41) is 52.7. The number of hydrogen-bond donors (Lipinski definition) is 4. The number of carbonyl (C=O) groups is 6. The Labute approximate surface area is 555 Å². The van der Waals surface area contributed by atoms with Gasteiger partial charge in [-0.05, 0) is 72.6 Å². The molecule has 5 N–H and O–H groups in total. The standard InChI is InChI=1S/C17H27NO5S3.C9H14FNO2P2S3.C9H13NO2S3.C8F8O2.C7H15NO4/c1-3-25-16(24)26-17(2,13-18)8-6-14(19)5-4-9-22-11-12-23-10-7-15(20)21;1-3-17-8(16)18-9(2,6-11)5-4-7(12)13-15(10)14;1-3-14-8(13)15-9(2,6-10)5-4-7(11)12;9-1-2(10)4(12)6(5(13)3(1)11)18-7(17)8(14,15)16;8-2-4-12-6-5-11-3-1-7(9)10/h3-12H2,1-2H3,(H,20,21);3-5,14H2,1-2H3;3-5H2,1-2H3,(H,11,12);;1-6,8H2,(H,9,10). The molecule has 5 atom stereocenters. The summed E-state index contributed by atoms with van der Waals surface area (Å²) in [7, 11) is -0.470. The molecule has 5 unspecified atom stereocenters. The number of rotatable bonds is 35. The van der Waals surface area contributed by atoms with Crippen LogP contribution in [-0.4, -0.2) is 159 Å². The van der Waals surface area contributed by atoms with Crippen LogP contribution in [0.3, 0.4) is 0 Å². The van der Waals surface area contributed by atoms with Crippen LogP contribution >= 0.6 is 124 Å². The molecule has 1 aromatic carbocycles. The summed E-state index contributed by atoms with van der Waals surface area (Å²) >= 11 is 23.9. The number of ether oxygens (including phenoxy) is 5. The fourth-order valence-electron chi connectivity index (χ4n) is 4.96. The molecular weight excluding hydrogens is 1420 g/mol. The van der Waals surface area contributed by atoms with Crippen LogP contribution in [0.1, 0.15) is 106 Å². The second-order valence-corrected chi connectivity index (χ2v) is 30.8. The molecule has 0 aromatic heterocycles. The van der Waals surface area contributed by atoms with Crippen molar-refractivity contribution in [1.29, 1.82) is 15.8 Å². The number of benzene rings is 1. The molecule has 0 saturated carbocycles. The molecule has 89 heavy (non-hydrogen) atoms. The molecular formula is C50H69F9N4O15P2S9. The minimum absolute atomic E-state index is 0.00351. The van der Waals surface area contributed by atoms with Crippen LogP contribution in [0, 0.1) is 63.1 Å². The Kier molecular flexibility index (Phi) is 55.6. The van der Waals surface area contributed by atoms with Gasteiger partial charge in [0.1, 0.15) is 30.6 Å². The van der Waals surface area contributed by atoms with Crippen LogP contribution in [0.5, 0.6) is 5.75 Å². The average Bonchev–Trinajstić information content (AvgIpc) is 1.02. The number of nitriles is 3. The Morgan fingerprint density at radius 1 is 0.551 bits per heavy atom. The van der Waals surface area contributed by atoms with Crippen molar-refractivity contribution in [3.05, 3.63) is 29.1 Å². The molecule has 39 heteroatoms. The van der Waals surface area contributed by atoms with E-state index in [9.17, 15) is 73.3 Å². The zero-order chi connectivity index (χ0) is 69.4. The number of halogens is 9. The zero-order valence-corrected chi connectivity index (χ0v) is 58.2. The molecule has 1 rings (SSSR count). The highest BCUT2D eigenvalue weighted by molar-refractivity contribution is 8.48. The van der Waals surface area contributed by atoms with Gasteiger partial charge < -0.3 is 49.3 Å². The van der Waals surface area contributed by atoms with E-state index in [0.717, 1.165) is 20.8 Å². The van der Waals surface area contributed by atoms with Crippen LogP contribution < -0.4 is 10.5 Å². The number of carboxylic acids is 3. The van der Waals surface area contributed by atoms with E-state index in [0.29, 0.717) is 85.3 Å². The Morgan fingerprint density at radius 2 is 0.888 bits per heavy atom. The van der Waals surface area contributed by atoms with Crippen LogP contribution in [0.25, 0.3) is 0 Å². The first-order valence-electron chi connectivity index (χ1n) is 25.6. The first-order chi connectivity index (χ1) is 41.4. The highest BCUT2D eigenvalue weighted by Gasteiger charge is 2.43. The molecule has 506 valence electrons. The highest BCUT2D eigenvalue weighted by Crippen LogP contribution is 2.48. The Hall–Kier alpha value is -2.89. The number of nitrogens with two attached hydrogens (primary N) is 1. The van der Waals surface area contributed by atoms with Gasteiger partial charge >= 0.3 is 36.0 Å². The third-order valence-corrected chi connectivity index (χ3v) is 18.0. The largest absolute Gasteiger partial charge is 0.491 e. The Morgan fingerprint density at radius 3 is 1.21 bits per heavy atom. The number of esters is 1. The van der Waals surface area contributed by atoms with Crippen molar-refractivity contribution in [1.82, 2.24) is 0 Å². The van der Waals surface area contributed by atoms with Gasteiger partial charge in [0.25, 0.3) is 8.15 Å². The van der Waals surface area contributed by atoms with E-state index in [1.165, 1.54) is 70.6 Å². The number of Topliss-reactive ketones (excluding diaryl/α,β-unsaturated/α-hetero) is 1. The minimum atomic E-state index is -5.65. The maximum absolute atomic E-state index is 12.8. The molecule has 0 fully saturated rings. The quantitative estimate of drug-likeness (QED) is 0.00717. The lowest BCUT2D eigenvalue weighted by atomic mass is 10.0. The van der Waals surface area contributed by atoms with E-state index in [1.807, 2.05) is 27.7 Å². The SMILES string of the molecule is CCSC(=S)SC(C)(C#N)CCC(=O)CCCOCCOCCC(=O)O.CCSC(=S)SC(C)(C#N)CCC(=O)O.CCSC(=S)SC(C)(C#N)CCC(=O)OP(F)P.NCCOCCOCCC(=O)O.O=C(Oc1c(F)c(F)c(F)c(F)c1F)C(F)(F)F. The molecule has 0 spiro atoms. The number of ketones is 1. The second-order valence-electron chi connectivity index (χ2n) is 17.0. The maximum Gasteiger partial charge on any atom is 0.491 e. The fraction of sp³-hybridized carbons (Fsp3) is 0.640. The molecule has 0 aliphatic carbocycles. The van der Waals surface area contributed by atoms with Gasteiger partial charge in [0.05, 0.1) is 77.3 Å². The van der Waals surface area contributed by atoms with Crippen molar-refractivity contribution < 1.29 is 112 Å². The topological polar surface area (TPSA) is 316 Å². The van der Waals surface area contributed by atoms with E-state index in [4.69, 9.17) is 87.2 Å². The highest BCUT2D eigenvalue weighted by atomic mass is 32.2. The number of aliphatic carboxylic acids is 3. The Balaban J connectivity index is -0.000000519. The third kappa shape index (κ3) is 51.2. The fourth-order valence-corrected chi connectivity index (χ4v) is 14.3. The summed E-state index contributed by atoms with van der Waals surface area (Å²) in [6.07, 6.45) is -3.16. The van der Waals surface area contributed by atoms with Gasteiger partial charge in [-0.2, -0.15) is 41.9 Å². The van der Waals surface area contributed by atoms with E-state index >= 15 is 0 Å². The van der Waals surface area contributed by atoms with Crippen LogP contribution in [0.2, 0.25) is 0 Å². The van der Waals surface area contributed by atoms with Crippen LogP contribution in [-0.2, 0) is 52.2 Å². The molecule has 0 saturated heterocycles. The molecule has 0 radical (unpaired) electrons. The number of carbonyl (C=O) groups excluding carboxylic acids is 3. The second kappa shape index (κ2) is 53.5. The lowest BCUT2D eigenvalue weighted by Gasteiger charge is -2.20. The van der Waals surface area contributed by atoms with Crippen molar-refractivity contribution in [2.75, 3.05) is 76.7 Å². The van der Waals surface area contributed by atoms with Crippen molar-refractivity contribution in [3.63, 3.8) is 0 Å². The number of hydrogen-bond acceptors (Lipinski definition) is 25. The van der Waals surface area contributed by atoms with Gasteiger partial charge in [0.15, 0.2) is 0 Å². The first-order valence-corrected chi connectivity index (χ1v) is 35.0. The summed E-state index contributed by atoms with van der Waals surface area (Å²) in [4.78, 5) is 64.1. The van der Waals surface area contributed by atoms with Gasteiger partial charge in [-0.3, -0.25) is 24.0 Å². The average molecular weight is 1490 g/mol. The smallest absolute Gasteiger partial charge is 0.481 e. The van der Waals surface area contributed by atoms with E-state index in [2.05, 4.69) is 27.5 Å². The van der Waals surface area contributed by atoms with E-state index in [-0.39, 0.29) is 51.1 Å². The number of thiocarbonyl (C=S) groups is 3. The molecule has 0 amide bonds. The van der Waals surface area contributed by atoms with Crippen molar-refractivity contribution in [2.45, 2.75) is 126 Å². The predicted octanol–water partition coefficient (Wildman–Crippen LogP) is 13.3. The number of thioether (sulfide) groups is 6. The number of alkyl halides is 3. The Bertz CT molecular complexity index is 2500. The summed E-state index contributed by atoms with van der Waals surface area (Å²) < 4.78 is 138. The summed E-state index contributed by atoms with van der Waals surface area (Å²) in [6.45, 7) is 14.7.